The highest BCUT2D eigenvalue weighted by molar-refractivity contribution is 5.83. The highest BCUT2D eigenvalue weighted by Crippen LogP contribution is 2.19. The number of methoxy groups -OCH3 is 1. The Hall–Kier alpha value is -1.39. The van der Waals surface area contributed by atoms with E-state index in [0.29, 0.717) is 0 Å². The zero-order valence-electron chi connectivity index (χ0n) is 11.3. The SMILES string of the molecule is COC1CCN(C(=O)[C@H]2Cc3ccccc3CN2)C1. The van der Waals surface area contributed by atoms with Gasteiger partial charge in [0.25, 0.3) is 0 Å². The summed E-state index contributed by atoms with van der Waals surface area (Å²) < 4.78 is 5.32. The Kier molecular flexibility index (Phi) is 3.53. The third kappa shape index (κ3) is 2.51. The Labute approximate surface area is 113 Å². The second-order valence-corrected chi connectivity index (χ2v) is 5.34. The molecule has 4 heteroatoms. The molecule has 0 spiro atoms. The topological polar surface area (TPSA) is 41.6 Å². The number of benzene rings is 1. The van der Waals surface area contributed by atoms with Crippen LogP contribution in [0.15, 0.2) is 24.3 Å². The van der Waals surface area contributed by atoms with Gasteiger partial charge in [-0.25, -0.2) is 0 Å². The maximum absolute atomic E-state index is 12.5. The fourth-order valence-electron chi connectivity index (χ4n) is 2.97. The van der Waals surface area contributed by atoms with Gasteiger partial charge in [-0.1, -0.05) is 24.3 Å². The molecule has 0 radical (unpaired) electrons. The zero-order valence-corrected chi connectivity index (χ0v) is 11.3. The molecule has 0 saturated carbocycles. The quantitative estimate of drug-likeness (QED) is 0.861. The Balaban J connectivity index is 1.66. The Morgan fingerprint density at radius 1 is 1.37 bits per heavy atom. The van der Waals surface area contributed by atoms with Crippen LogP contribution in [0.5, 0.6) is 0 Å². The minimum absolute atomic E-state index is 0.0782. The molecule has 1 aromatic carbocycles. The third-order valence-electron chi connectivity index (χ3n) is 4.17. The monoisotopic (exact) mass is 260 g/mol. The van der Waals surface area contributed by atoms with Crippen molar-refractivity contribution in [1.82, 2.24) is 10.2 Å². The van der Waals surface area contributed by atoms with Crippen molar-refractivity contribution >= 4 is 5.91 Å². The lowest BCUT2D eigenvalue weighted by Crippen LogP contribution is -2.49. The lowest BCUT2D eigenvalue weighted by Gasteiger charge is -2.28. The van der Waals surface area contributed by atoms with E-state index in [-0.39, 0.29) is 18.1 Å². The molecule has 1 N–H and O–H groups in total. The Morgan fingerprint density at radius 3 is 2.89 bits per heavy atom. The van der Waals surface area contributed by atoms with E-state index in [1.165, 1.54) is 11.1 Å². The normalized spacial score (nSPS) is 26.3. The Morgan fingerprint density at radius 2 is 2.16 bits per heavy atom. The van der Waals surface area contributed by atoms with Crippen LogP contribution in [-0.4, -0.2) is 43.2 Å². The van der Waals surface area contributed by atoms with Crippen LogP contribution in [0, 0.1) is 0 Å². The molecule has 0 aromatic heterocycles. The molecule has 19 heavy (non-hydrogen) atoms. The minimum Gasteiger partial charge on any atom is -0.380 e. The van der Waals surface area contributed by atoms with Crippen molar-refractivity contribution in [3.05, 3.63) is 35.4 Å². The summed E-state index contributed by atoms with van der Waals surface area (Å²) in [5.74, 6) is 0.217. The van der Waals surface area contributed by atoms with Gasteiger partial charge in [-0.05, 0) is 24.0 Å². The number of likely N-dealkylation sites (tertiary alicyclic amines) is 1. The second-order valence-electron chi connectivity index (χ2n) is 5.34. The standard InChI is InChI=1S/C15H20N2O2/c1-19-13-6-7-17(10-13)15(18)14-8-11-4-2-3-5-12(11)9-16-14/h2-5,13-14,16H,6-10H2,1H3/t13?,14-/m1/s1. The van der Waals surface area contributed by atoms with Crippen LogP contribution >= 0.6 is 0 Å². The number of nitrogens with zero attached hydrogens (tertiary/aromatic N) is 1. The smallest absolute Gasteiger partial charge is 0.240 e. The van der Waals surface area contributed by atoms with Gasteiger partial charge < -0.3 is 15.0 Å². The van der Waals surface area contributed by atoms with Crippen LogP contribution < -0.4 is 5.32 Å². The van der Waals surface area contributed by atoms with Crippen LogP contribution in [0.2, 0.25) is 0 Å². The first kappa shape index (κ1) is 12.6. The summed E-state index contributed by atoms with van der Waals surface area (Å²) in [6.07, 6.45) is 1.95. The van der Waals surface area contributed by atoms with Gasteiger partial charge >= 0.3 is 0 Å². The van der Waals surface area contributed by atoms with Gasteiger partial charge in [-0.15, -0.1) is 0 Å². The highest BCUT2D eigenvalue weighted by Gasteiger charge is 2.32. The van der Waals surface area contributed by atoms with Crippen LogP contribution in [0.1, 0.15) is 17.5 Å². The number of hydrogen-bond acceptors (Lipinski definition) is 3. The summed E-state index contributed by atoms with van der Waals surface area (Å²) in [6.45, 7) is 2.33. The van der Waals surface area contributed by atoms with Crippen LogP contribution in [0.25, 0.3) is 0 Å². The molecule has 2 heterocycles. The summed E-state index contributed by atoms with van der Waals surface area (Å²) >= 11 is 0. The summed E-state index contributed by atoms with van der Waals surface area (Å²) in [6, 6.07) is 8.26. The van der Waals surface area contributed by atoms with Crippen molar-refractivity contribution in [1.29, 1.82) is 0 Å². The molecule has 2 aliphatic rings. The van der Waals surface area contributed by atoms with Crippen LogP contribution in [-0.2, 0) is 22.5 Å². The average molecular weight is 260 g/mol. The van der Waals surface area contributed by atoms with Gasteiger partial charge in [0.1, 0.15) is 0 Å². The molecular formula is C15H20N2O2. The molecule has 1 amide bonds. The highest BCUT2D eigenvalue weighted by atomic mass is 16.5. The summed E-state index contributed by atoms with van der Waals surface area (Å²) in [5.41, 5.74) is 2.60. The molecule has 102 valence electrons. The van der Waals surface area contributed by atoms with E-state index in [4.69, 9.17) is 4.74 Å². The van der Waals surface area contributed by atoms with Crippen molar-refractivity contribution in [3.63, 3.8) is 0 Å². The lowest BCUT2D eigenvalue weighted by molar-refractivity contribution is -0.133. The lowest BCUT2D eigenvalue weighted by atomic mass is 9.95. The summed E-state index contributed by atoms with van der Waals surface area (Å²) in [7, 11) is 1.72. The summed E-state index contributed by atoms with van der Waals surface area (Å²) in [4.78, 5) is 14.4. The van der Waals surface area contributed by atoms with E-state index in [0.717, 1.165) is 32.5 Å². The maximum atomic E-state index is 12.5. The molecular weight excluding hydrogens is 240 g/mol. The number of hydrogen-bond donors (Lipinski definition) is 1. The van der Waals surface area contributed by atoms with Gasteiger partial charge in [0, 0.05) is 26.7 Å². The number of amides is 1. The molecule has 1 fully saturated rings. The molecule has 2 atom stereocenters. The molecule has 1 saturated heterocycles. The zero-order chi connectivity index (χ0) is 13.2. The molecule has 0 bridgehead atoms. The minimum atomic E-state index is -0.0782. The molecule has 3 rings (SSSR count). The number of fused-ring (bicyclic) bond motifs is 1. The predicted octanol–water partition coefficient (Wildman–Crippen LogP) is 0.948. The number of nitrogens with one attached hydrogen (secondary N) is 1. The van der Waals surface area contributed by atoms with E-state index >= 15 is 0 Å². The first-order valence-corrected chi connectivity index (χ1v) is 6.89. The predicted molar refractivity (Wildman–Crippen MR) is 72.8 cm³/mol. The van der Waals surface area contributed by atoms with Gasteiger partial charge in [-0.3, -0.25) is 4.79 Å². The van der Waals surface area contributed by atoms with Gasteiger partial charge in [0.2, 0.25) is 5.91 Å². The van der Waals surface area contributed by atoms with E-state index in [1.807, 2.05) is 17.0 Å². The maximum Gasteiger partial charge on any atom is 0.240 e. The van der Waals surface area contributed by atoms with Gasteiger partial charge in [0.15, 0.2) is 0 Å². The van der Waals surface area contributed by atoms with E-state index in [9.17, 15) is 4.79 Å². The van der Waals surface area contributed by atoms with Gasteiger partial charge in [0.05, 0.1) is 12.1 Å². The first-order chi connectivity index (χ1) is 9.28. The fraction of sp³-hybridized carbons (Fsp3) is 0.533. The molecule has 0 aliphatic carbocycles. The van der Waals surface area contributed by atoms with Crippen LogP contribution in [0.3, 0.4) is 0 Å². The number of ether oxygens (including phenoxy) is 1. The number of carbonyl (C=O) groups is 1. The van der Waals surface area contributed by atoms with E-state index in [2.05, 4.69) is 17.4 Å². The van der Waals surface area contributed by atoms with E-state index < -0.39 is 0 Å². The van der Waals surface area contributed by atoms with Crippen LogP contribution in [0.4, 0.5) is 0 Å². The first-order valence-electron chi connectivity index (χ1n) is 6.89. The molecule has 4 nitrogen and oxygen atoms in total. The molecule has 2 aliphatic heterocycles. The average Bonchev–Trinajstić information content (AvgIpc) is 2.95. The van der Waals surface area contributed by atoms with Crippen molar-refractivity contribution in [2.75, 3.05) is 20.2 Å². The van der Waals surface area contributed by atoms with E-state index in [1.54, 1.807) is 7.11 Å². The van der Waals surface area contributed by atoms with Crippen molar-refractivity contribution in [2.45, 2.75) is 31.5 Å². The number of carbonyl (C=O) groups excluding carboxylic acids is 1. The molecule has 1 aromatic rings. The third-order valence-corrected chi connectivity index (χ3v) is 4.17. The van der Waals surface area contributed by atoms with Gasteiger partial charge in [-0.2, -0.15) is 0 Å². The molecule has 1 unspecified atom stereocenters. The second kappa shape index (κ2) is 5.31. The van der Waals surface area contributed by atoms with Crippen molar-refractivity contribution in [3.8, 4) is 0 Å². The number of rotatable bonds is 2. The fourth-order valence-corrected chi connectivity index (χ4v) is 2.97. The Bertz CT molecular complexity index is 475. The summed E-state index contributed by atoms with van der Waals surface area (Å²) in [5, 5.41) is 3.35. The van der Waals surface area contributed by atoms with Crippen molar-refractivity contribution in [2.24, 2.45) is 0 Å². The van der Waals surface area contributed by atoms with Crippen molar-refractivity contribution < 1.29 is 9.53 Å². The largest absolute Gasteiger partial charge is 0.380 e.